The van der Waals surface area contributed by atoms with Gasteiger partial charge in [0.05, 0.1) is 12.2 Å². The maximum absolute atomic E-state index is 12.9. The number of hydrogen-bond acceptors (Lipinski definition) is 6. The Bertz CT molecular complexity index is 837. The van der Waals surface area contributed by atoms with Crippen LogP contribution in [-0.4, -0.2) is 40.4 Å². The van der Waals surface area contributed by atoms with Crippen LogP contribution < -0.4 is 10.2 Å². The molecule has 2 aromatic rings. The standard InChI is InChI=1S/C21H29N5O2/c1-5-9-17-18(20(27)28-8-4)19(26-21(24-17)22-14-23-26)15-10-12-16(13-11-15)25(6-2)7-3/h10-14,19H,5-9H2,1-4H3,(H,22,23,24). The first-order valence-corrected chi connectivity index (χ1v) is 10.1. The molecule has 1 aliphatic rings. The zero-order chi connectivity index (χ0) is 20.1. The van der Waals surface area contributed by atoms with Gasteiger partial charge in [-0.05, 0) is 44.9 Å². The van der Waals surface area contributed by atoms with Gasteiger partial charge < -0.3 is 15.0 Å². The molecule has 0 aliphatic carbocycles. The van der Waals surface area contributed by atoms with Gasteiger partial charge in [0, 0.05) is 24.5 Å². The number of carbonyl (C=O) groups is 1. The molecule has 1 atom stereocenters. The van der Waals surface area contributed by atoms with E-state index in [2.05, 4.69) is 65.3 Å². The van der Waals surface area contributed by atoms with E-state index >= 15 is 0 Å². The van der Waals surface area contributed by atoms with Crippen LogP contribution in [0.5, 0.6) is 0 Å². The maximum atomic E-state index is 12.9. The van der Waals surface area contributed by atoms with Crippen molar-refractivity contribution in [3.8, 4) is 0 Å². The molecular weight excluding hydrogens is 354 g/mol. The van der Waals surface area contributed by atoms with Crippen LogP contribution >= 0.6 is 0 Å². The van der Waals surface area contributed by atoms with Crippen molar-refractivity contribution in [2.75, 3.05) is 29.9 Å². The van der Waals surface area contributed by atoms with E-state index in [9.17, 15) is 4.79 Å². The van der Waals surface area contributed by atoms with Gasteiger partial charge in [-0.15, -0.1) is 0 Å². The number of esters is 1. The molecule has 0 saturated carbocycles. The first-order chi connectivity index (χ1) is 13.6. The summed E-state index contributed by atoms with van der Waals surface area (Å²) in [5.74, 6) is 0.340. The Morgan fingerprint density at radius 1 is 1.18 bits per heavy atom. The second-order valence-electron chi connectivity index (χ2n) is 6.68. The minimum absolute atomic E-state index is 0.308. The predicted molar refractivity (Wildman–Crippen MR) is 110 cm³/mol. The number of rotatable bonds is 8. The quantitative estimate of drug-likeness (QED) is 0.700. The molecule has 1 aliphatic heterocycles. The third-order valence-electron chi connectivity index (χ3n) is 5.01. The van der Waals surface area contributed by atoms with E-state index in [1.165, 1.54) is 6.33 Å². The normalized spacial score (nSPS) is 15.8. The molecule has 0 bridgehead atoms. The van der Waals surface area contributed by atoms with Crippen molar-refractivity contribution < 1.29 is 9.53 Å². The Morgan fingerprint density at radius 3 is 2.50 bits per heavy atom. The summed E-state index contributed by atoms with van der Waals surface area (Å²) in [6, 6.07) is 7.98. The first-order valence-electron chi connectivity index (χ1n) is 10.1. The van der Waals surface area contributed by atoms with Gasteiger partial charge in [-0.3, -0.25) is 0 Å². The third kappa shape index (κ3) is 3.74. The highest BCUT2D eigenvalue weighted by atomic mass is 16.5. The number of benzene rings is 1. The van der Waals surface area contributed by atoms with Crippen molar-refractivity contribution in [3.63, 3.8) is 0 Å². The second-order valence-corrected chi connectivity index (χ2v) is 6.68. The summed E-state index contributed by atoms with van der Waals surface area (Å²) >= 11 is 0. The van der Waals surface area contributed by atoms with Crippen LogP contribution in [-0.2, 0) is 9.53 Å². The van der Waals surface area contributed by atoms with Crippen molar-refractivity contribution in [1.29, 1.82) is 0 Å². The Labute approximate surface area is 166 Å². The second kappa shape index (κ2) is 8.91. The lowest BCUT2D eigenvalue weighted by Crippen LogP contribution is -2.30. The van der Waals surface area contributed by atoms with Crippen LogP contribution in [0.2, 0.25) is 0 Å². The average molecular weight is 383 g/mol. The van der Waals surface area contributed by atoms with Crippen molar-refractivity contribution >= 4 is 17.6 Å². The fourth-order valence-electron chi connectivity index (χ4n) is 3.67. The molecule has 3 rings (SSSR count). The maximum Gasteiger partial charge on any atom is 0.338 e. The van der Waals surface area contributed by atoms with Crippen LogP contribution in [0.1, 0.15) is 52.1 Å². The van der Waals surface area contributed by atoms with Gasteiger partial charge in [-0.1, -0.05) is 25.5 Å². The van der Waals surface area contributed by atoms with Crippen molar-refractivity contribution in [3.05, 3.63) is 47.4 Å². The molecule has 7 nitrogen and oxygen atoms in total. The smallest absolute Gasteiger partial charge is 0.338 e. The van der Waals surface area contributed by atoms with Crippen molar-refractivity contribution in [1.82, 2.24) is 14.8 Å². The van der Waals surface area contributed by atoms with Gasteiger partial charge in [0.15, 0.2) is 0 Å². The number of nitrogens with zero attached hydrogens (tertiary/aromatic N) is 4. The molecule has 0 radical (unpaired) electrons. The summed E-state index contributed by atoms with van der Waals surface area (Å²) in [6.07, 6.45) is 3.17. The number of nitrogens with one attached hydrogen (secondary N) is 1. The molecule has 0 spiro atoms. The number of carbonyl (C=O) groups excluding carboxylic acids is 1. The number of hydrogen-bond donors (Lipinski definition) is 1. The van der Waals surface area contributed by atoms with Crippen LogP contribution in [0.15, 0.2) is 41.9 Å². The summed E-state index contributed by atoms with van der Waals surface area (Å²) in [4.78, 5) is 19.5. The minimum Gasteiger partial charge on any atom is -0.463 e. The molecule has 1 aromatic carbocycles. The third-order valence-corrected chi connectivity index (χ3v) is 5.01. The molecule has 28 heavy (non-hydrogen) atoms. The van der Waals surface area contributed by atoms with Crippen LogP contribution in [0.25, 0.3) is 0 Å². The van der Waals surface area contributed by atoms with E-state index < -0.39 is 0 Å². The Morgan fingerprint density at radius 2 is 1.89 bits per heavy atom. The van der Waals surface area contributed by atoms with Gasteiger partial charge in [0.2, 0.25) is 5.95 Å². The van der Waals surface area contributed by atoms with Gasteiger partial charge in [0.25, 0.3) is 0 Å². The SMILES string of the molecule is CCCC1=C(C(=O)OCC)C(c2ccc(N(CC)CC)cc2)n2ncnc2N1. The number of fused-ring (bicyclic) bond motifs is 1. The van der Waals surface area contributed by atoms with Crippen LogP contribution in [0, 0.1) is 0 Å². The lowest BCUT2D eigenvalue weighted by Gasteiger charge is -2.30. The number of ether oxygens (including phenoxy) is 1. The Balaban J connectivity index is 2.08. The molecule has 0 amide bonds. The van der Waals surface area contributed by atoms with Crippen molar-refractivity contribution in [2.45, 2.75) is 46.6 Å². The summed E-state index contributed by atoms with van der Waals surface area (Å²) in [5, 5.41) is 7.66. The number of aromatic nitrogens is 3. The molecule has 7 heteroatoms. The lowest BCUT2D eigenvalue weighted by atomic mass is 9.94. The van der Waals surface area contributed by atoms with E-state index in [1.54, 1.807) is 4.68 Å². The average Bonchev–Trinajstić information content (AvgIpc) is 3.17. The zero-order valence-corrected chi connectivity index (χ0v) is 17.1. The van der Waals surface area contributed by atoms with Gasteiger partial charge >= 0.3 is 5.97 Å². The van der Waals surface area contributed by atoms with E-state index in [1.807, 2.05) is 6.92 Å². The van der Waals surface area contributed by atoms with Crippen molar-refractivity contribution in [2.24, 2.45) is 0 Å². The van der Waals surface area contributed by atoms with E-state index in [-0.39, 0.29) is 12.0 Å². The van der Waals surface area contributed by atoms with Gasteiger partial charge in [0.1, 0.15) is 12.4 Å². The summed E-state index contributed by atoms with van der Waals surface area (Å²) in [5.41, 5.74) is 3.62. The fourth-order valence-corrected chi connectivity index (χ4v) is 3.67. The summed E-state index contributed by atoms with van der Waals surface area (Å²) in [7, 11) is 0. The predicted octanol–water partition coefficient (Wildman–Crippen LogP) is 3.76. The van der Waals surface area contributed by atoms with E-state index in [0.717, 1.165) is 42.9 Å². The monoisotopic (exact) mass is 383 g/mol. The molecule has 0 fully saturated rings. The van der Waals surface area contributed by atoms with E-state index in [0.29, 0.717) is 18.1 Å². The molecule has 1 aromatic heterocycles. The van der Waals surface area contributed by atoms with Gasteiger partial charge in [-0.25, -0.2) is 9.48 Å². The summed E-state index contributed by atoms with van der Waals surface area (Å²) < 4.78 is 7.15. The Hall–Kier alpha value is -2.83. The van der Waals surface area contributed by atoms with E-state index in [4.69, 9.17) is 4.74 Å². The largest absolute Gasteiger partial charge is 0.463 e. The fraction of sp³-hybridized carbons (Fsp3) is 0.476. The lowest BCUT2D eigenvalue weighted by molar-refractivity contribution is -0.139. The highest BCUT2D eigenvalue weighted by molar-refractivity contribution is 5.92. The Kier molecular flexibility index (Phi) is 6.34. The minimum atomic E-state index is -0.356. The summed E-state index contributed by atoms with van der Waals surface area (Å²) in [6.45, 7) is 10.4. The molecule has 2 heterocycles. The molecular formula is C21H29N5O2. The number of anilines is 2. The first kappa shape index (κ1) is 19.9. The topological polar surface area (TPSA) is 72.3 Å². The number of allylic oxidation sites excluding steroid dienone is 1. The van der Waals surface area contributed by atoms with Gasteiger partial charge in [-0.2, -0.15) is 10.1 Å². The zero-order valence-electron chi connectivity index (χ0n) is 17.1. The highest BCUT2D eigenvalue weighted by Gasteiger charge is 2.35. The van der Waals surface area contributed by atoms with Crippen LogP contribution in [0.4, 0.5) is 11.6 Å². The highest BCUT2D eigenvalue weighted by Crippen LogP contribution is 2.37. The van der Waals surface area contributed by atoms with Crippen LogP contribution in [0.3, 0.4) is 0 Å². The molecule has 0 saturated heterocycles. The molecule has 1 N–H and O–H groups in total. The molecule has 1 unspecified atom stereocenters. The molecule has 150 valence electrons.